The number of amides is 1. The molecule has 2 aromatic heterocycles. The summed E-state index contributed by atoms with van der Waals surface area (Å²) < 4.78 is 2.36. The monoisotopic (exact) mass is 411 g/mol. The number of carbonyl (C=O) groups excluding carboxylic acids is 1. The van der Waals surface area contributed by atoms with E-state index in [1.54, 1.807) is 0 Å². The maximum absolute atomic E-state index is 13.4. The van der Waals surface area contributed by atoms with Gasteiger partial charge in [-0.25, -0.2) is 9.97 Å². The number of nitrogen functional groups attached to an aromatic ring is 1. The molecule has 0 radical (unpaired) electrons. The standard InChI is InChI=1S/C25H25N5O/c1-2-12-30-21-11-10-19(14-18(21)15-22(30)17-7-4-3-5-8-17)29-13-6-9-20-23(25(29)31)24(26)28-16-27-20/h3-5,7-8,10-11,14-16H,2,6,9,12-13H2,1H3,(H2,26,27,28). The fraction of sp³-hybridized carbons (Fsp3) is 0.240. The van der Waals surface area contributed by atoms with E-state index in [0.717, 1.165) is 42.6 Å². The zero-order valence-corrected chi connectivity index (χ0v) is 17.6. The molecule has 31 heavy (non-hydrogen) atoms. The van der Waals surface area contributed by atoms with Crippen LogP contribution >= 0.6 is 0 Å². The lowest BCUT2D eigenvalue weighted by atomic mass is 10.1. The number of nitrogens with two attached hydrogens (primary N) is 1. The van der Waals surface area contributed by atoms with Crippen molar-refractivity contribution in [1.29, 1.82) is 0 Å². The molecule has 1 amide bonds. The van der Waals surface area contributed by atoms with Gasteiger partial charge >= 0.3 is 0 Å². The Bertz CT molecular complexity index is 1260. The molecule has 0 aliphatic carbocycles. The van der Waals surface area contributed by atoms with Crippen molar-refractivity contribution in [2.75, 3.05) is 17.2 Å². The molecule has 0 saturated heterocycles. The summed E-state index contributed by atoms with van der Waals surface area (Å²) in [5, 5.41) is 1.12. The number of aromatic nitrogens is 3. The summed E-state index contributed by atoms with van der Waals surface area (Å²) >= 11 is 0. The van der Waals surface area contributed by atoms with Gasteiger partial charge in [-0.1, -0.05) is 37.3 Å². The minimum Gasteiger partial charge on any atom is -0.383 e. The van der Waals surface area contributed by atoms with Crippen LogP contribution in [0.4, 0.5) is 11.5 Å². The van der Waals surface area contributed by atoms with Crippen LogP contribution in [0.25, 0.3) is 22.2 Å². The molecule has 4 aromatic rings. The Kier molecular flexibility index (Phi) is 4.90. The lowest BCUT2D eigenvalue weighted by molar-refractivity contribution is 0.0989. The van der Waals surface area contributed by atoms with Gasteiger partial charge in [0.1, 0.15) is 17.7 Å². The highest BCUT2D eigenvalue weighted by Crippen LogP contribution is 2.33. The van der Waals surface area contributed by atoms with E-state index >= 15 is 0 Å². The molecule has 156 valence electrons. The summed E-state index contributed by atoms with van der Waals surface area (Å²) in [6.07, 6.45) is 4.04. The molecule has 2 aromatic carbocycles. The van der Waals surface area contributed by atoms with Gasteiger partial charge in [-0.05, 0) is 49.1 Å². The molecule has 3 heterocycles. The van der Waals surface area contributed by atoms with Gasteiger partial charge in [-0.2, -0.15) is 0 Å². The maximum atomic E-state index is 13.4. The lowest BCUT2D eigenvalue weighted by Crippen LogP contribution is -2.31. The van der Waals surface area contributed by atoms with Crippen LogP contribution in [0.1, 0.15) is 35.8 Å². The number of benzene rings is 2. The van der Waals surface area contributed by atoms with E-state index in [-0.39, 0.29) is 11.7 Å². The van der Waals surface area contributed by atoms with Crippen LogP contribution in [-0.4, -0.2) is 27.0 Å². The normalized spacial score (nSPS) is 14.0. The van der Waals surface area contributed by atoms with E-state index in [1.165, 1.54) is 23.1 Å². The van der Waals surface area contributed by atoms with E-state index in [4.69, 9.17) is 5.73 Å². The molecule has 6 nitrogen and oxygen atoms in total. The molecule has 0 bridgehead atoms. The maximum Gasteiger partial charge on any atom is 0.263 e. The zero-order chi connectivity index (χ0) is 21.4. The fourth-order valence-corrected chi connectivity index (χ4v) is 4.49. The van der Waals surface area contributed by atoms with Crippen LogP contribution in [0.5, 0.6) is 0 Å². The van der Waals surface area contributed by atoms with E-state index in [1.807, 2.05) is 17.0 Å². The quantitative estimate of drug-likeness (QED) is 0.529. The molecular weight excluding hydrogens is 386 g/mol. The number of fused-ring (bicyclic) bond motifs is 2. The molecule has 5 rings (SSSR count). The third-order valence-corrected chi connectivity index (χ3v) is 5.92. The first-order valence-corrected chi connectivity index (χ1v) is 10.8. The largest absolute Gasteiger partial charge is 0.383 e. The fourth-order valence-electron chi connectivity index (χ4n) is 4.49. The SMILES string of the molecule is CCCn1c(-c2ccccc2)cc2cc(N3CCCc4ncnc(N)c4C3=O)ccc21. The Hall–Kier alpha value is -3.67. The van der Waals surface area contributed by atoms with Crippen LogP contribution in [0.2, 0.25) is 0 Å². The molecule has 0 unspecified atom stereocenters. The summed E-state index contributed by atoms with van der Waals surface area (Å²) in [6, 6.07) is 18.9. The number of anilines is 2. The minimum atomic E-state index is -0.124. The average molecular weight is 412 g/mol. The van der Waals surface area contributed by atoms with Crippen LogP contribution in [0.15, 0.2) is 60.9 Å². The van der Waals surface area contributed by atoms with Gasteiger partial charge in [0.15, 0.2) is 0 Å². The number of carbonyl (C=O) groups is 1. The topological polar surface area (TPSA) is 77.0 Å². The average Bonchev–Trinajstić information content (AvgIpc) is 3.05. The molecule has 2 N–H and O–H groups in total. The number of aryl methyl sites for hydroxylation is 2. The van der Waals surface area contributed by atoms with Crippen molar-refractivity contribution in [3.05, 3.63) is 72.2 Å². The van der Waals surface area contributed by atoms with Crippen LogP contribution < -0.4 is 10.6 Å². The highest BCUT2D eigenvalue weighted by atomic mass is 16.2. The van der Waals surface area contributed by atoms with Crippen molar-refractivity contribution < 1.29 is 4.79 Å². The van der Waals surface area contributed by atoms with Gasteiger partial charge in [-0.3, -0.25) is 4.79 Å². The van der Waals surface area contributed by atoms with Crippen molar-refractivity contribution in [1.82, 2.24) is 14.5 Å². The third-order valence-electron chi connectivity index (χ3n) is 5.92. The summed E-state index contributed by atoms with van der Waals surface area (Å²) in [7, 11) is 0. The minimum absolute atomic E-state index is 0.124. The Balaban J connectivity index is 1.60. The Morgan fingerprint density at radius 3 is 2.71 bits per heavy atom. The van der Waals surface area contributed by atoms with Gasteiger partial charge in [-0.15, -0.1) is 0 Å². The number of nitrogens with zero attached hydrogens (tertiary/aromatic N) is 4. The van der Waals surface area contributed by atoms with Gasteiger partial charge in [0.25, 0.3) is 5.91 Å². The molecule has 0 spiro atoms. The second-order valence-corrected chi connectivity index (χ2v) is 7.93. The van der Waals surface area contributed by atoms with Gasteiger partial charge in [0, 0.05) is 35.4 Å². The summed E-state index contributed by atoms with van der Waals surface area (Å²) in [4.78, 5) is 23.5. The van der Waals surface area contributed by atoms with E-state index < -0.39 is 0 Å². The highest BCUT2D eigenvalue weighted by Gasteiger charge is 2.27. The number of hydrogen-bond donors (Lipinski definition) is 1. The lowest BCUT2D eigenvalue weighted by Gasteiger charge is -2.21. The van der Waals surface area contributed by atoms with Crippen LogP contribution in [0, 0.1) is 0 Å². The molecule has 0 atom stereocenters. The highest BCUT2D eigenvalue weighted by molar-refractivity contribution is 6.10. The molecule has 1 aliphatic heterocycles. The first-order valence-electron chi connectivity index (χ1n) is 10.8. The van der Waals surface area contributed by atoms with Gasteiger partial charge < -0.3 is 15.2 Å². The Morgan fingerprint density at radius 1 is 1.06 bits per heavy atom. The van der Waals surface area contributed by atoms with E-state index in [0.29, 0.717) is 12.1 Å². The Labute approximate surface area is 181 Å². The smallest absolute Gasteiger partial charge is 0.263 e. The first-order chi connectivity index (χ1) is 15.2. The predicted octanol–water partition coefficient (Wildman–Crippen LogP) is 4.68. The second-order valence-electron chi connectivity index (χ2n) is 7.93. The van der Waals surface area contributed by atoms with Crippen molar-refractivity contribution >= 4 is 28.3 Å². The van der Waals surface area contributed by atoms with Crippen LogP contribution in [0.3, 0.4) is 0 Å². The van der Waals surface area contributed by atoms with Crippen LogP contribution in [-0.2, 0) is 13.0 Å². The van der Waals surface area contributed by atoms with Crippen molar-refractivity contribution in [3.8, 4) is 11.3 Å². The predicted molar refractivity (Wildman–Crippen MR) is 124 cm³/mol. The molecule has 6 heteroatoms. The summed E-state index contributed by atoms with van der Waals surface area (Å²) in [5.74, 6) is 0.129. The molecule has 1 aliphatic rings. The number of hydrogen-bond acceptors (Lipinski definition) is 4. The second kappa shape index (κ2) is 7.87. The van der Waals surface area contributed by atoms with Crippen molar-refractivity contribution in [2.45, 2.75) is 32.7 Å². The first kappa shape index (κ1) is 19.3. The molecule has 0 fully saturated rings. The molecule has 0 saturated carbocycles. The van der Waals surface area contributed by atoms with Gasteiger partial charge in [0.2, 0.25) is 0 Å². The zero-order valence-electron chi connectivity index (χ0n) is 17.6. The Morgan fingerprint density at radius 2 is 1.90 bits per heavy atom. The third kappa shape index (κ3) is 3.34. The van der Waals surface area contributed by atoms with E-state index in [2.05, 4.69) is 63.9 Å². The molecular formula is C25H25N5O. The van der Waals surface area contributed by atoms with Crippen molar-refractivity contribution in [2.24, 2.45) is 0 Å². The number of rotatable bonds is 4. The summed E-state index contributed by atoms with van der Waals surface area (Å²) in [5.41, 5.74) is 11.7. The van der Waals surface area contributed by atoms with Gasteiger partial charge in [0.05, 0.1) is 5.69 Å². The van der Waals surface area contributed by atoms with Crippen molar-refractivity contribution in [3.63, 3.8) is 0 Å². The van der Waals surface area contributed by atoms with E-state index in [9.17, 15) is 4.79 Å². The summed E-state index contributed by atoms with van der Waals surface area (Å²) in [6.45, 7) is 3.76.